The SMILES string of the molecule is COC[P+](C1CCCCC1)(C1CCCCC1)C1CCCCC1. The Labute approximate surface area is 139 Å². The Morgan fingerprint density at radius 2 is 0.909 bits per heavy atom. The Morgan fingerprint density at radius 3 is 1.18 bits per heavy atom. The average Bonchev–Trinajstić information content (AvgIpc) is 2.62. The van der Waals surface area contributed by atoms with Gasteiger partial charge in [0.1, 0.15) is 0 Å². The molecule has 22 heavy (non-hydrogen) atoms. The molecule has 0 N–H and O–H groups in total. The zero-order chi connectivity index (χ0) is 15.3. The molecule has 2 heteroatoms. The van der Waals surface area contributed by atoms with E-state index in [-0.39, 0.29) is 0 Å². The molecule has 0 unspecified atom stereocenters. The van der Waals surface area contributed by atoms with Crippen molar-refractivity contribution in [3.8, 4) is 0 Å². The molecule has 0 aromatic rings. The molecule has 0 aliphatic heterocycles. The van der Waals surface area contributed by atoms with Crippen molar-refractivity contribution in [3.63, 3.8) is 0 Å². The molecule has 0 aromatic heterocycles. The monoisotopic (exact) mass is 325 g/mol. The summed E-state index contributed by atoms with van der Waals surface area (Å²) in [5, 5.41) is 0. The Morgan fingerprint density at radius 1 is 0.591 bits per heavy atom. The molecule has 0 saturated heterocycles. The molecule has 0 bridgehead atoms. The summed E-state index contributed by atoms with van der Waals surface area (Å²) >= 11 is 0. The third-order valence-electron chi connectivity index (χ3n) is 7.12. The predicted molar refractivity (Wildman–Crippen MR) is 99.4 cm³/mol. The summed E-state index contributed by atoms with van der Waals surface area (Å²) in [6.07, 6.45) is 24.0. The summed E-state index contributed by atoms with van der Waals surface area (Å²) < 4.78 is 6.02. The van der Waals surface area contributed by atoms with Crippen molar-refractivity contribution in [2.45, 2.75) is 113 Å². The highest BCUT2D eigenvalue weighted by Crippen LogP contribution is 2.77. The summed E-state index contributed by atoms with van der Waals surface area (Å²) in [5.74, 6) is 0. The predicted octanol–water partition coefficient (Wildman–Crippen LogP) is 6.61. The van der Waals surface area contributed by atoms with Crippen LogP contribution in [0.25, 0.3) is 0 Å². The minimum absolute atomic E-state index is 0.945. The lowest BCUT2D eigenvalue weighted by molar-refractivity contribution is 0.245. The first-order chi connectivity index (χ1) is 10.9. The maximum atomic E-state index is 6.02. The minimum atomic E-state index is -0.945. The highest BCUT2D eigenvalue weighted by atomic mass is 31.2. The fourth-order valence-corrected chi connectivity index (χ4v) is 13.0. The topological polar surface area (TPSA) is 9.23 Å². The number of methoxy groups -OCH3 is 1. The molecule has 128 valence electrons. The van der Waals surface area contributed by atoms with Crippen LogP contribution >= 0.6 is 7.26 Å². The molecule has 0 aromatic carbocycles. The van der Waals surface area contributed by atoms with Gasteiger partial charge in [0.05, 0.1) is 24.2 Å². The number of ether oxygens (including phenoxy) is 1. The van der Waals surface area contributed by atoms with Gasteiger partial charge in [-0.1, -0.05) is 19.3 Å². The van der Waals surface area contributed by atoms with Crippen LogP contribution in [0.15, 0.2) is 0 Å². The molecular weight excluding hydrogens is 287 g/mol. The van der Waals surface area contributed by atoms with E-state index in [1.807, 2.05) is 7.11 Å². The van der Waals surface area contributed by atoms with Gasteiger partial charge in [-0.05, 0) is 77.0 Å². The van der Waals surface area contributed by atoms with Crippen LogP contribution in [0.2, 0.25) is 0 Å². The molecule has 3 fully saturated rings. The van der Waals surface area contributed by atoms with Gasteiger partial charge in [0.15, 0.2) is 6.35 Å². The number of hydrogen-bond donors (Lipinski definition) is 0. The first-order valence-corrected chi connectivity index (χ1v) is 12.4. The van der Waals surface area contributed by atoms with Crippen molar-refractivity contribution in [1.29, 1.82) is 0 Å². The smallest absolute Gasteiger partial charge is 0.157 e. The second-order valence-corrected chi connectivity index (χ2v) is 12.7. The zero-order valence-electron chi connectivity index (χ0n) is 14.9. The number of rotatable bonds is 5. The van der Waals surface area contributed by atoms with E-state index in [1.165, 1.54) is 64.1 Å². The van der Waals surface area contributed by atoms with Crippen molar-refractivity contribution in [3.05, 3.63) is 0 Å². The van der Waals surface area contributed by atoms with Crippen LogP contribution in [-0.2, 0) is 4.74 Å². The molecule has 3 aliphatic rings. The van der Waals surface area contributed by atoms with Gasteiger partial charge in [0.25, 0.3) is 0 Å². The lowest BCUT2D eigenvalue weighted by Gasteiger charge is -2.48. The Bertz CT molecular complexity index is 266. The van der Waals surface area contributed by atoms with E-state index in [2.05, 4.69) is 0 Å². The number of hydrogen-bond acceptors (Lipinski definition) is 1. The fraction of sp³-hybridized carbons (Fsp3) is 1.00. The molecule has 0 amide bonds. The molecular formula is C20H38OP+. The Balaban J connectivity index is 1.88. The van der Waals surface area contributed by atoms with Crippen LogP contribution in [0.5, 0.6) is 0 Å². The third kappa shape index (κ3) is 3.56. The van der Waals surface area contributed by atoms with E-state index >= 15 is 0 Å². The Kier molecular flexibility index (Phi) is 6.64. The minimum Gasteiger partial charge on any atom is -0.350 e. The van der Waals surface area contributed by atoms with E-state index < -0.39 is 7.26 Å². The molecule has 3 rings (SSSR count). The molecule has 0 atom stereocenters. The first kappa shape index (κ1) is 17.2. The molecule has 1 nitrogen and oxygen atoms in total. The van der Waals surface area contributed by atoms with Crippen LogP contribution in [0.1, 0.15) is 96.3 Å². The fourth-order valence-electron chi connectivity index (χ4n) is 6.12. The first-order valence-electron chi connectivity index (χ1n) is 10.2. The quantitative estimate of drug-likeness (QED) is 0.517. The van der Waals surface area contributed by atoms with Gasteiger partial charge in [0, 0.05) is 7.11 Å². The van der Waals surface area contributed by atoms with Crippen molar-refractivity contribution >= 4 is 7.26 Å². The van der Waals surface area contributed by atoms with Gasteiger partial charge in [-0.15, -0.1) is 0 Å². The van der Waals surface area contributed by atoms with Crippen LogP contribution < -0.4 is 0 Å². The maximum absolute atomic E-state index is 6.02. The second kappa shape index (κ2) is 8.48. The van der Waals surface area contributed by atoms with E-state index in [0.717, 1.165) is 17.0 Å². The third-order valence-corrected chi connectivity index (χ3v) is 13.4. The molecule has 0 heterocycles. The highest BCUT2D eigenvalue weighted by Gasteiger charge is 2.57. The second-order valence-electron chi connectivity index (χ2n) is 8.29. The molecule has 0 spiro atoms. The van der Waals surface area contributed by atoms with Crippen molar-refractivity contribution in [1.82, 2.24) is 0 Å². The van der Waals surface area contributed by atoms with Gasteiger partial charge >= 0.3 is 0 Å². The molecule has 0 radical (unpaired) electrons. The maximum Gasteiger partial charge on any atom is 0.157 e. The van der Waals surface area contributed by atoms with Crippen LogP contribution in [-0.4, -0.2) is 30.4 Å². The summed E-state index contributed by atoms with van der Waals surface area (Å²) in [7, 11) is 1.06. The van der Waals surface area contributed by atoms with Gasteiger partial charge in [-0.3, -0.25) is 0 Å². The van der Waals surface area contributed by atoms with E-state index in [0.29, 0.717) is 0 Å². The average molecular weight is 325 g/mol. The standard InChI is InChI=1S/C20H38OP/c1-21-17-22(18-11-5-2-6-12-18,19-13-7-3-8-14-19)20-15-9-4-10-16-20/h18-20H,2-17H2,1H3/q+1. The van der Waals surface area contributed by atoms with Gasteiger partial charge in [-0.2, -0.15) is 0 Å². The van der Waals surface area contributed by atoms with Crippen LogP contribution in [0.4, 0.5) is 0 Å². The van der Waals surface area contributed by atoms with Gasteiger partial charge < -0.3 is 4.74 Å². The van der Waals surface area contributed by atoms with Gasteiger partial charge in [0.2, 0.25) is 0 Å². The zero-order valence-corrected chi connectivity index (χ0v) is 15.8. The van der Waals surface area contributed by atoms with Crippen LogP contribution in [0, 0.1) is 0 Å². The van der Waals surface area contributed by atoms with Crippen molar-refractivity contribution in [2.75, 3.05) is 13.5 Å². The Hall–Kier alpha value is 0.390. The van der Waals surface area contributed by atoms with E-state index in [1.54, 1.807) is 38.5 Å². The summed E-state index contributed by atoms with van der Waals surface area (Å²) in [5.41, 5.74) is 3.23. The highest BCUT2D eigenvalue weighted by molar-refractivity contribution is 7.77. The van der Waals surface area contributed by atoms with E-state index in [9.17, 15) is 0 Å². The van der Waals surface area contributed by atoms with Crippen LogP contribution in [0.3, 0.4) is 0 Å². The van der Waals surface area contributed by atoms with E-state index in [4.69, 9.17) is 4.74 Å². The molecule has 3 saturated carbocycles. The summed E-state index contributed by atoms with van der Waals surface area (Å²) in [6.45, 7) is 0. The van der Waals surface area contributed by atoms with Crippen molar-refractivity contribution < 1.29 is 4.74 Å². The van der Waals surface area contributed by atoms with Crippen molar-refractivity contribution in [2.24, 2.45) is 0 Å². The normalized spacial score (nSPS) is 27.1. The summed E-state index contributed by atoms with van der Waals surface area (Å²) in [4.78, 5) is 0. The lowest BCUT2D eigenvalue weighted by atomic mass is 9.99. The molecule has 3 aliphatic carbocycles. The largest absolute Gasteiger partial charge is 0.350 e. The van der Waals surface area contributed by atoms with Gasteiger partial charge in [-0.25, -0.2) is 0 Å². The summed E-state index contributed by atoms with van der Waals surface area (Å²) in [6, 6.07) is 0. The lowest BCUT2D eigenvalue weighted by Crippen LogP contribution is -2.38.